The molecule has 2 rings (SSSR count). The number of esters is 1. The Balaban J connectivity index is 2.88. The number of hydrogen-bond donors (Lipinski definition) is 2. The van der Waals surface area contributed by atoms with Crippen molar-refractivity contribution in [3.8, 4) is 11.8 Å². The molecule has 1 aromatic carbocycles. The zero-order valence-electron chi connectivity index (χ0n) is 11.5. The predicted molar refractivity (Wildman–Crippen MR) is 82.5 cm³/mol. The van der Waals surface area contributed by atoms with Crippen molar-refractivity contribution in [2.24, 2.45) is 5.73 Å². The summed E-state index contributed by atoms with van der Waals surface area (Å²) in [6, 6.07) is 6.69. The molecule has 0 spiro atoms. The van der Waals surface area contributed by atoms with Crippen LogP contribution in [0.5, 0.6) is 0 Å². The smallest absolute Gasteiger partial charge is 0.357 e. The number of carbonyl (C=O) groups excluding carboxylic acids is 2. The van der Waals surface area contributed by atoms with Crippen LogP contribution >= 0.6 is 15.9 Å². The molecule has 7 nitrogen and oxygen atoms in total. The lowest BCUT2D eigenvalue weighted by molar-refractivity contribution is 0.0592. The number of hydrogen-bond acceptors (Lipinski definition) is 5. The molecule has 2 aromatic rings. The maximum absolute atomic E-state index is 12.0. The van der Waals surface area contributed by atoms with Gasteiger partial charge in [-0.05, 0) is 28.1 Å². The fourth-order valence-electron chi connectivity index (χ4n) is 2.05. The van der Waals surface area contributed by atoms with Gasteiger partial charge in [0.05, 0.1) is 29.6 Å². The molecule has 4 N–H and O–H groups in total. The number of nitrogens with zero attached hydrogens (tertiary/aromatic N) is 2. The van der Waals surface area contributed by atoms with E-state index in [9.17, 15) is 9.59 Å². The summed E-state index contributed by atoms with van der Waals surface area (Å²) >= 11 is 3.31. The van der Waals surface area contributed by atoms with E-state index in [-0.39, 0.29) is 22.5 Å². The third-order valence-electron chi connectivity index (χ3n) is 3.04. The van der Waals surface area contributed by atoms with E-state index in [1.807, 2.05) is 6.07 Å². The Morgan fingerprint density at radius 1 is 1.41 bits per heavy atom. The summed E-state index contributed by atoms with van der Waals surface area (Å²) in [6.45, 7) is 0. The Morgan fingerprint density at radius 3 is 2.64 bits per heavy atom. The normalized spacial score (nSPS) is 10.0. The number of anilines is 1. The number of rotatable bonds is 3. The molecule has 0 radical (unpaired) electrons. The summed E-state index contributed by atoms with van der Waals surface area (Å²) in [6.07, 6.45) is 1.36. The maximum atomic E-state index is 12.0. The minimum Gasteiger partial charge on any atom is -0.464 e. The number of nitrogens with two attached hydrogens (primary N) is 2. The zero-order valence-corrected chi connectivity index (χ0v) is 13.0. The second-order valence-corrected chi connectivity index (χ2v) is 5.13. The average Bonchev–Trinajstić information content (AvgIpc) is 2.82. The quantitative estimate of drug-likeness (QED) is 0.801. The highest BCUT2D eigenvalue weighted by molar-refractivity contribution is 9.10. The van der Waals surface area contributed by atoms with E-state index in [4.69, 9.17) is 21.5 Å². The molecule has 112 valence electrons. The van der Waals surface area contributed by atoms with E-state index in [0.717, 1.165) is 0 Å². The first-order valence-electron chi connectivity index (χ1n) is 6.00. The van der Waals surface area contributed by atoms with Crippen LogP contribution < -0.4 is 11.5 Å². The van der Waals surface area contributed by atoms with Gasteiger partial charge in [-0.2, -0.15) is 5.26 Å². The number of methoxy groups -OCH3 is 1. The summed E-state index contributed by atoms with van der Waals surface area (Å²) in [7, 11) is 1.19. The number of ether oxygens (including phenoxy) is 1. The van der Waals surface area contributed by atoms with Crippen molar-refractivity contribution in [2.45, 2.75) is 0 Å². The van der Waals surface area contributed by atoms with Gasteiger partial charge in [0.15, 0.2) is 5.69 Å². The van der Waals surface area contributed by atoms with Crippen molar-refractivity contribution in [2.75, 3.05) is 12.8 Å². The van der Waals surface area contributed by atoms with Crippen LogP contribution in [0.2, 0.25) is 0 Å². The van der Waals surface area contributed by atoms with E-state index in [1.165, 1.54) is 23.9 Å². The molecule has 0 atom stereocenters. The van der Waals surface area contributed by atoms with Gasteiger partial charge in [-0.3, -0.25) is 4.79 Å². The fourth-order valence-corrected chi connectivity index (χ4v) is 2.61. The SMILES string of the molecule is COC(=O)c1c(N)c(C#N)cn1-c1c(Br)cccc1C(N)=O. The molecular weight excluding hydrogens is 352 g/mol. The van der Waals surface area contributed by atoms with Crippen LogP contribution in [0.25, 0.3) is 5.69 Å². The van der Waals surface area contributed by atoms with Crippen molar-refractivity contribution in [1.29, 1.82) is 5.26 Å². The van der Waals surface area contributed by atoms with Crippen LogP contribution in [0.3, 0.4) is 0 Å². The number of amides is 1. The molecule has 8 heteroatoms. The number of carbonyl (C=O) groups is 2. The second kappa shape index (κ2) is 5.91. The van der Waals surface area contributed by atoms with Gasteiger partial charge >= 0.3 is 5.97 Å². The Morgan fingerprint density at radius 2 is 2.09 bits per heavy atom. The number of para-hydroxylation sites is 1. The summed E-state index contributed by atoms with van der Waals surface area (Å²) in [4.78, 5) is 23.6. The average molecular weight is 363 g/mol. The molecule has 1 aromatic heterocycles. The summed E-state index contributed by atoms with van der Waals surface area (Å²) in [5.74, 6) is -1.41. The first-order chi connectivity index (χ1) is 10.4. The molecule has 0 aliphatic heterocycles. The largest absolute Gasteiger partial charge is 0.464 e. The lowest BCUT2D eigenvalue weighted by atomic mass is 10.1. The van der Waals surface area contributed by atoms with Crippen LogP contribution in [-0.4, -0.2) is 23.6 Å². The molecule has 0 fully saturated rings. The zero-order chi connectivity index (χ0) is 16.4. The van der Waals surface area contributed by atoms with Gasteiger partial charge in [0.2, 0.25) is 0 Å². The molecule has 0 bridgehead atoms. The molecule has 22 heavy (non-hydrogen) atoms. The number of nitrogen functional groups attached to an aromatic ring is 1. The highest BCUT2D eigenvalue weighted by Gasteiger charge is 2.25. The van der Waals surface area contributed by atoms with E-state index < -0.39 is 11.9 Å². The van der Waals surface area contributed by atoms with E-state index in [0.29, 0.717) is 10.2 Å². The number of halogens is 1. The van der Waals surface area contributed by atoms with Gasteiger partial charge in [-0.1, -0.05) is 6.07 Å². The van der Waals surface area contributed by atoms with Crippen molar-refractivity contribution in [1.82, 2.24) is 4.57 Å². The Bertz CT molecular complexity index is 820. The van der Waals surface area contributed by atoms with Crippen LogP contribution in [0.1, 0.15) is 26.4 Å². The van der Waals surface area contributed by atoms with Gasteiger partial charge < -0.3 is 20.8 Å². The molecule has 0 saturated carbocycles. The van der Waals surface area contributed by atoms with Crippen LogP contribution in [-0.2, 0) is 4.74 Å². The van der Waals surface area contributed by atoms with Gasteiger partial charge in [0.1, 0.15) is 6.07 Å². The van der Waals surface area contributed by atoms with E-state index >= 15 is 0 Å². The Labute approximate surface area is 134 Å². The van der Waals surface area contributed by atoms with Crippen LogP contribution in [0.4, 0.5) is 5.69 Å². The lowest BCUT2D eigenvalue weighted by Crippen LogP contribution is -2.17. The van der Waals surface area contributed by atoms with Crippen LogP contribution in [0, 0.1) is 11.3 Å². The lowest BCUT2D eigenvalue weighted by Gasteiger charge is -2.13. The van der Waals surface area contributed by atoms with Crippen molar-refractivity contribution in [3.63, 3.8) is 0 Å². The molecule has 0 saturated heterocycles. The van der Waals surface area contributed by atoms with Gasteiger partial charge in [-0.15, -0.1) is 0 Å². The first-order valence-corrected chi connectivity index (χ1v) is 6.79. The highest BCUT2D eigenvalue weighted by Crippen LogP contribution is 2.31. The standard InChI is InChI=1S/C14H11BrN4O3/c1-22-14(21)12-10(17)7(5-16)6-19(12)11-8(13(18)20)3-2-4-9(11)15/h2-4,6H,17H2,1H3,(H2,18,20). The third-order valence-corrected chi connectivity index (χ3v) is 3.68. The van der Waals surface area contributed by atoms with Crippen molar-refractivity contribution >= 4 is 33.5 Å². The summed E-state index contributed by atoms with van der Waals surface area (Å²) < 4.78 is 6.53. The fraction of sp³-hybridized carbons (Fsp3) is 0.0714. The molecule has 1 amide bonds. The third kappa shape index (κ3) is 2.42. The molecule has 0 unspecified atom stereocenters. The minimum atomic E-state index is -0.731. The number of primary amides is 1. The minimum absolute atomic E-state index is 0.0273. The highest BCUT2D eigenvalue weighted by atomic mass is 79.9. The monoisotopic (exact) mass is 362 g/mol. The summed E-state index contributed by atoms with van der Waals surface area (Å²) in [5.41, 5.74) is 11.7. The topological polar surface area (TPSA) is 124 Å². The number of aromatic nitrogens is 1. The molecule has 0 aliphatic rings. The maximum Gasteiger partial charge on any atom is 0.357 e. The van der Waals surface area contributed by atoms with Crippen molar-refractivity contribution in [3.05, 3.63) is 45.7 Å². The van der Waals surface area contributed by atoms with Crippen LogP contribution in [0.15, 0.2) is 28.9 Å². The van der Waals surface area contributed by atoms with Gasteiger partial charge in [0.25, 0.3) is 5.91 Å². The Hall–Kier alpha value is -2.79. The predicted octanol–water partition coefficient (Wildman–Crippen LogP) is 1.58. The van der Waals surface area contributed by atoms with Gasteiger partial charge in [-0.25, -0.2) is 4.79 Å². The number of benzene rings is 1. The molecule has 1 heterocycles. The first kappa shape index (κ1) is 15.6. The van der Waals surface area contributed by atoms with Crippen molar-refractivity contribution < 1.29 is 14.3 Å². The van der Waals surface area contributed by atoms with E-state index in [2.05, 4.69) is 15.9 Å². The number of nitriles is 1. The van der Waals surface area contributed by atoms with Gasteiger partial charge in [0, 0.05) is 10.7 Å². The second-order valence-electron chi connectivity index (χ2n) is 4.28. The Kier molecular flexibility index (Phi) is 4.19. The summed E-state index contributed by atoms with van der Waals surface area (Å²) in [5, 5.41) is 9.11. The van der Waals surface area contributed by atoms with E-state index in [1.54, 1.807) is 12.1 Å². The molecule has 0 aliphatic carbocycles. The molecular formula is C14H11BrN4O3.